The first-order valence-electron chi connectivity index (χ1n) is 6.03. The number of hydrogen-bond acceptors (Lipinski definition) is 2. The molecule has 0 radical (unpaired) electrons. The van der Waals surface area contributed by atoms with Gasteiger partial charge in [0.25, 0.3) is 0 Å². The van der Waals surface area contributed by atoms with Crippen molar-refractivity contribution in [2.75, 3.05) is 13.6 Å². The van der Waals surface area contributed by atoms with Gasteiger partial charge in [-0.15, -0.1) is 0 Å². The lowest BCUT2D eigenvalue weighted by atomic mass is 10.1. The van der Waals surface area contributed by atoms with Gasteiger partial charge in [-0.05, 0) is 39.7 Å². The molecular formula is C13H19BrN2OS. The monoisotopic (exact) mass is 330 g/mol. The predicted octanol–water partition coefficient (Wildman–Crippen LogP) is 3.40. The molecule has 0 heterocycles. The van der Waals surface area contributed by atoms with Gasteiger partial charge in [0.05, 0.1) is 4.47 Å². The second kappa shape index (κ2) is 7.81. The molecule has 1 rings (SSSR count). The third-order valence-corrected chi connectivity index (χ3v) is 4.62. The van der Waals surface area contributed by atoms with Gasteiger partial charge in [-0.1, -0.05) is 25.5 Å². The predicted molar refractivity (Wildman–Crippen MR) is 81.3 cm³/mol. The Bertz CT molecular complexity index is 412. The van der Waals surface area contributed by atoms with Gasteiger partial charge in [-0.25, -0.2) is 0 Å². The van der Waals surface area contributed by atoms with E-state index in [1.165, 1.54) is 0 Å². The molecule has 0 fully saturated rings. The van der Waals surface area contributed by atoms with Crippen LogP contribution in [0.25, 0.3) is 0 Å². The zero-order chi connectivity index (χ0) is 13.5. The van der Waals surface area contributed by atoms with Crippen molar-refractivity contribution in [1.82, 2.24) is 4.90 Å². The second-order valence-electron chi connectivity index (χ2n) is 4.02. The quantitative estimate of drug-likeness (QED) is 0.455. The second-order valence-corrected chi connectivity index (χ2v) is 5.99. The fourth-order valence-corrected chi connectivity index (χ4v) is 3.28. The molecule has 0 aliphatic rings. The number of aryl methyl sites for hydroxylation is 1. The van der Waals surface area contributed by atoms with Crippen molar-refractivity contribution in [2.24, 2.45) is 4.40 Å². The van der Waals surface area contributed by atoms with Gasteiger partial charge < -0.3 is 9.45 Å². The zero-order valence-corrected chi connectivity index (χ0v) is 13.4. The molecule has 5 heteroatoms. The van der Waals surface area contributed by atoms with Crippen LogP contribution in [0.15, 0.2) is 32.0 Å². The summed E-state index contributed by atoms with van der Waals surface area (Å²) in [5.74, 6) is 0. The average molecular weight is 331 g/mol. The first-order chi connectivity index (χ1) is 8.60. The summed E-state index contributed by atoms with van der Waals surface area (Å²) in [5.41, 5.74) is 1.10. The van der Waals surface area contributed by atoms with E-state index in [1.807, 2.05) is 37.1 Å². The van der Waals surface area contributed by atoms with E-state index in [0.29, 0.717) is 0 Å². The summed E-state index contributed by atoms with van der Waals surface area (Å²) in [4.78, 5) is 2.69. The molecule has 1 aromatic carbocycles. The maximum absolute atomic E-state index is 12.2. The molecule has 0 saturated carbocycles. The van der Waals surface area contributed by atoms with Gasteiger partial charge in [-0.3, -0.25) is 0 Å². The molecule has 18 heavy (non-hydrogen) atoms. The van der Waals surface area contributed by atoms with Crippen LogP contribution in [0.5, 0.6) is 0 Å². The van der Waals surface area contributed by atoms with E-state index in [4.69, 9.17) is 0 Å². The molecule has 1 unspecified atom stereocenters. The van der Waals surface area contributed by atoms with Crippen molar-refractivity contribution in [1.29, 1.82) is 0 Å². The van der Waals surface area contributed by atoms with E-state index in [9.17, 15) is 4.55 Å². The van der Waals surface area contributed by atoms with E-state index < -0.39 is 11.4 Å². The van der Waals surface area contributed by atoms with E-state index in [0.717, 1.165) is 34.3 Å². The lowest BCUT2D eigenvalue weighted by molar-refractivity contribution is 0.550. The lowest BCUT2D eigenvalue weighted by Gasteiger charge is -2.12. The molecular weight excluding hydrogens is 312 g/mol. The van der Waals surface area contributed by atoms with Crippen LogP contribution in [0.4, 0.5) is 0 Å². The summed E-state index contributed by atoms with van der Waals surface area (Å²) in [6.45, 7) is 4.98. The highest BCUT2D eigenvalue weighted by atomic mass is 79.9. The lowest BCUT2D eigenvalue weighted by Crippen LogP contribution is -2.16. The average Bonchev–Trinajstić information content (AvgIpc) is 2.36. The number of rotatable bonds is 6. The van der Waals surface area contributed by atoms with E-state index in [-0.39, 0.29) is 0 Å². The normalized spacial score (nSPS) is 12.9. The Morgan fingerprint density at radius 2 is 2.17 bits per heavy atom. The Morgan fingerprint density at radius 3 is 2.78 bits per heavy atom. The molecule has 1 aromatic rings. The Morgan fingerprint density at radius 1 is 1.44 bits per heavy atom. The maximum Gasteiger partial charge on any atom is 0.199 e. The third kappa shape index (κ3) is 4.30. The van der Waals surface area contributed by atoms with Crippen molar-refractivity contribution in [3.8, 4) is 0 Å². The van der Waals surface area contributed by atoms with Gasteiger partial charge in [0.1, 0.15) is 17.7 Å². The number of halogens is 1. The Labute approximate surface area is 121 Å². The molecule has 0 bridgehead atoms. The smallest absolute Gasteiger partial charge is 0.199 e. The highest BCUT2D eigenvalue weighted by molar-refractivity contribution is 9.10. The van der Waals surface area contributed by atoms with Gasteiger partial charge in [-0.2, -0.15) is 0 Å². The number of hydrogen-bond donors (Lipinski definition) is 0. The van der Waals surface area contributed by atoms with Crippen molar-refractivity contribution in [2.45, 2.75) is 31.6 Å². The molecule has 0 saturated heterocycles. The highest BCUT2D eigenvalue weighted by Crippen LogP contribution is 2.28. The van der Waals surface area contributed by atoms with Crippen molar-refractivity contribution in [3.63, 3.8) is 0 Å². The van der Waals surface area contributed by atoms with E-state index in [2.05, 4.69) is 27.3 Å². The maximum atomic E-state index is 12.2. The van der Waals surface area contributed by atoms with Gasteiger partial charge in [0.15, 0.2) is 4.90 Å². The van der Waals surface area contributed by atoms with Crippen molar-refractivity contribution < 1.29 is 4.55 Å². The minimum Gasteiger partial charge on any atom is -0.586 e. The number of nitrogens with zero attached hydrogens (tertiary/aromatic N) is 2. The van der Waals surface area contributed by atoms with Crippen molar-refractivity contribution in [3.05, 3.63) is 28.2 Å². The summed E-state index contributed by atoms with van der Waals surface area (Å²) in [6.07, 6.45) is 3.57. The minimum atomic E-state index is -1.35. The molecule has 0 aliphatic heterocycles. The Balaban J connectivity index is 2.96. The zero-order valence-electron chi connectivity index (χ0n) is 11.0. The number of benzene rings is 1. The van der Waals surface area contributed by atoms with Crippen LogP contribution in [0.2, 0.25) is 0 Å². The fourth-order valence-electron chi connectivity index (χ4n) is 1.47. The van der Waals surface area contributed by atoms with Crippen LogP contribution >= 0.6 is 15.9 Å². The summed E-state index contributed by atoms with van der Waals surface area (Å²) in [7, 11) is 1.91. The molecule has 100 valence electrons. The molecule has 0 amide bonds. The molecule has 0 aliphatic carbocycles. The molecule has 0 aromatic heterocycles. The van der Waals surface area contributed by atoms with Crippen LogP contribution in [-0.2, 0) is 17.8 Å². The van der Waals surface area contributed by atoms with Crippen molar-refractivity contribution >= 4 is 33.6 Å². The molecule has 1 atom stereocenters. The Kier molecular flexibility index (Phi) is 6.75. The van der Waals surface area contributed by atoms with Crippen LogP contribution in [-0.4, -0.2) is 29.4 Å². The van der Waals surface area contributed by atoms with Crippen LogP contribution in [0, 0.1) is 0 Å². The van der Waals surface area contributed by atoms with Gasteiger partial charge in [0, 0.05) is 19.2 Å². The first kappa shape index (κ1) is 15.5. The summed E-state index contributed by atoms with van der Waals surface area (Å²) >= 11 is 2.11. The minimum absolute atomic E-state index is 0.792. The van der Waals surface area contributed by atoms with Gasteiger partial charge in [0.2, 0.25) is 0 Å². The topological polar surface area (TPSA) is 38.7 Å². The fraction of sp³-hybridized carbons (Fsp3) is 0.462. The van der Waals surface area contributed by atoms with Gasteiger partial charge >= 0.3 is 0 Å². The summed E-state index contributed by atoms with van der Waals surface area (Å²) in [6, 6.07) is 5.89. The molecule has 3 nitrogen and oxygen atoms in total. The summed E-state index contributed by atoms with van der Waals surface area (Å²) in [5, 5.41) is 0. The SMILES string of the molecule is CCCc1cccc(Br)c1[S+]([O-])/N=C/N(C)CC. The van der Waals surface area contributed by atoms with E-state index in [1.54, 1.807) is 6.34 Å². The van der Waals surface area contributed by atoms with Crippen LogP contribution in [0.1, 0.15) is 25.8 Å². The largest absolute Gasteiger partial charge is 0.586 e. The highest BCUT2D eigenvalue weighted by Gasteiger charge is 2.19. The molecule has 0 N–H and O–H groups in total. The van der Waals surface area contributed by atoms with E-state index >= 15 is 0 Å². The molecule has 0 spiro atoms. The third-order valence-electron chi connectivity index (χ3n) is 2.58. The van der Waals surface area contributed by atoms with Crippen LogP contribution in [0.3, 0.4) is 0 Å². The Hall–Kier alpha value is -0.520. The van der Waals surface area contributed by atoms with Crippen LogP contribution < -0.4 is 0 Å². The summed E-state index contributed by atoms with van der Waals surface area (Å²) < 4.78 is 17.2. The first-order valence-corrected chi connectivity index (χ1v) is 7.93. The standard InChI is InChI=1S/C13H19BrN2OS/c1-4-7-11-8-6-9-12(14)13(11)18(17)15-10-16(3)5-2/h6,8-10H,4-5,7H2,1-3H3/b15-10+.